The third kappa shape index (κ3) is 5.48. The van der Waals surface area contributed by atoms with Crippen LogP contribution in [0.1, 0.15) is 22.3 Å². The van der Waals surface area contributed by atoms with Gasteiger partial charge < -0.3 is 14.8 Å². The molecule has 6 heteroatoms. The second-order valence-corrected chi connectivity index (χ2v) is 7.56. The van der Waals surface area contributed by atoms with Crippen molar-refractivity contribution in [2.24, 2.45) is 0 Å². The molecule has 3 rings (SSSR count). The molecule has 0 saturated carbocycles. The van der Waals surface area contributed by atoms with Gasteiger partial charge in [-0.1, -0.05) is 41.9 Å². The molecule has 3 aromatic rings. The molecule has 1 amide bonds. The molecule has 0 saturated heterocycles. The van der Waals surface area contributed by atoms with Crippen LogP contribution in [0, 0.1) is 25.2 Å². The highest BCUT2D eigenvalue weighted by Gasteiger charge is 2.14. The van der Waals surface area contributed by atoms with E-state index < -0.39 is 5.91 Å². The Balaban J connectivity index is 1.89. The van der Waals surface area contributed by atoms with Gasteiger partial charge in [0, 0.05) is 27.9 Å². The van der Waals surface area contributed by atoms with E-state index >= 15 is 0 Å². The summed E-state index contributed by atoms with van der Waals surface area (Å²) >= 11 is 6.23. The number of hydrogen-bond donors (Lipinski definition) is 1. The highest BCUT2D eigenvalue weighted by atomic mass is 35.5. The summed E-state index contributed by atoms with van der Waals surface area (Å²) in [5, 5.41) is 13.0. The monoisotopic (exact) mass is 446 g/mol. The Morgan fingerprint density at radius 3 is 2.62 bits per heavy atom. The minimum Gasteiger partial charge on any atom is -0.497 e. The van der Waals surface area contributed by atoms with E-state index in [1.165, 1.54) is 6.08 Å². The van der Waals surface area contributed by atoms with Gasteiger partial charge in [-0.2, -0.15) is 5.26 Å². The van der Waals surface area contributed by atoms with Crippen molar-refractivity contribution in [1.29, 1.82) is 5.26 Å². The number of aryl methyl sites for hydroxylation is 1. The van der Waals surface area contributed by atoms with Crippen LogP contribution in [0.2, 0.25) is 5.02 Å². The smallest absolute Gasteiger partial charge is 0.266 e. The molecule has 5 nitrogen and oxygen atoms in total. The number of amides is 1. The van der Waals surface area contributed by atoms with E-state index in [0.29, 0.717) is 27.8 Å². The summed E-state index contributed by atoms with van der Waals surface area (Å²) in [6, 6.07) is 20.2. The van der Waals surface area contributed by atoms with Crippen molar-refractivity contribution >= 4 is 29.3 Å². The third-order valence-corrected chi connectivity index (χ3v) is 5.45. The van der Waals surface area contributed by atoms with Crippen LogP contribution in [-0.4, -0.2) is 13.0 Å². The summed E-state index contributed by atoms with van der Waals surface area (Å²) in [5.74, 6) is 0.570. The maximum atomic E-state index is 12.8. The van der Waals surface area contributed by atoms with Crippen LogP contribution >= 0.6 is 11.6 Å². The standard InChI is InChI=1S/C26H23ClN2O3/c1-17-7-6-10-24(18(17)2)29-26(30)21(15-28)13-19-11-12-22(31-3)14-25(19)32-16-20-8-4-5-9-23(20)27/h4-14H,16H2,1-3H3,(H,29,30)/b21-13+. The third-order valence-electron chi connectivity index (χ3n) is 5.08. The van der Waals surface area contributed by atoms with Crippen molar-refractivity contribution in [1.82, 2.24) is 0 Å². The minimum atomic E-state index is -0.492. The molecule has 0 aliphatic rings. The van der Waals surface area contributed by atoms with E-state index in [-0.39, 0.29) is 12.2 Å². The zero-order valence-electron chi connectivity index (χ0n) is 18.1. The minimum absolute atomic E-state index is 0.0429. The van der Waals surface area contributed by atoms with E-state index in [1.54, 1.807) is 37.4 Å². The van der Waals surface area contributed by atoms with Gasteiger partial charge in [-0.15, -0.1) is 0 Å². The molecule has 162 valence electrons. The van der Waals surface area contributed by atoms with Crippen molar-refractivity contribution in [3.8, 4) is 17.6 Å². The maximum Gasteiger partial charge on any atom is 0.266 e. The quantitative estimate of drug-likeness (QED) is 0.352. The summed E-state index contributed by atoms with van der Waals surface area (Å²) in [4.78, 5) is 12.8. The van der Waals surface area contributed by atoms with Crippen LogP contribution in [0.3, 0.4) is 0 Å². The zero-order chi connectivity index (χ0) is 23.1. The van der Waals surface area contributed by atoms with Gasteiger partial charge in [-0.25, -0.2) is 0 Å². The van der Waals surface area contributed by atoms with E-state index in [9.17, 15) is 10.1 Å². The van der Waals surface area contributed by atoms with Gasteiger partial charge in [-0.05, 0) is 55.3 Å². The number of carbonyl (C=O) groups excluding carboxylic acids is 1. The van der Waals surface area contributed by atoms with Crippen LogP contribution in [0.25, 0.3) is 6.08 Å². The fourth-order valence-electron chi connectivity index (χ4n) is 3.04. The molecule has 0 heterocycles. The average Bonchev–Trinajstić information content (AvgIpc) is 2.80. The summed E-state index contributed by atoms with van der Waals surface area (Å²) in [5.41, 5.74) is 4.02. The molecule has 0 aromatic heterocycles. The lowest BCUT2D eigenvalue weighted by atomic mass is 10.1. The number of halogens is 1. The summed E-state index contributed by atoms with van der Waals surface area (Å²) in [6.45, 7) is 4.11. The molecule has 0 aliphatic heterocycles. The normalized spacial score (nSPS) is 10.9. The molecule has 0 spiro atoms. The Hall–Kier alpha value is -3.75. The molecule has 0 bridgehead atoms. The van der Waals surface area contributed by atoms with Crippen molar-refractivity contribution in [2.45, 2.75) is 20.5 Å². The first-order chi connectivity index (χ1) is 15.4. The van der Waals surface area contributed by atoms with Crippen LogP contribution in [0.5, 0.6) is 11.5 Å². The predicted octanol–water partition coefficient (Wildman–Crippen LogP) is 6.09. The highest BCUT2D eigenvalue weighted by Crippen LogP contribution is 2.29. The van der Waals surface area contributed by atoms with Crippen LogP contribution in [0.4, 0.5) is 5.69 Å². The first-order valence-electron chi connectivity index (χ1n) is 9.96. The topological polar surface area (TPSA) is 71.3 Å². The Kier molecular flexibility index (Phi) is 7.54. The van der Waals surface area contributed by atoms with Gasteiger partial charge in [0.25, 0.3) is 5.91 Å². The SMILES string of the molecule is COc1ccc(/C=C(\C#N)C(=O)Nc2cccc(C)c2C)c(OCc2ccccc2Cl)c1. The molecule has 0 aliphatic carbocycles. The van der Waals surface area contributed by atoms with Crippen LogP contribution in [-0.2, 0) is 11.4 Å². The number of nitrogens with zero attached hydrogens (tertiary/aromatic N) is 1. The number of benzene rings is 3. The summed E-state index contributed by atoms with van der Waals surface area (Å²) < 4.78 is 11.3. The number of ether oxygens (including phenoxy) is 2. The second-order valence-electron chi connectivity index (χ2n) is 7.16. The Bertz CT molecular complexity index is 1210. The Morgan fingerprint density at radius 1 is 1.12 bits per heavy atom. The maximum absolute atomic E-state index is 12.8. The Labute approximate surface area is 192 Å². The number of nitriles is 1. The lowest BCUT2D eigenvalue weighted by molar-refractivity contribution is -0.112. The Morgan fingerprint density at radius 2 is 1.91 bits per heavy atom. The fourth-order valence-corrected chi connectivity index (χ4v) is 3.23. The predicted molar refractivity (Wildman–Crippen MR) is 127 cm³/mol. The number of anilines is 1. The lowest BCUT2D eigenvalue weighted by Crippen LogP contribution is -2.14. The van der Waals surface area contributed by atoms with Crippen molar-refractivity contribution < 1.29 is 14.3 Å². The number of carbonyl (C=O) groups is 1. The molecule has 0 fully saturated rings. The average molecular weight is 447 g/mol. The van der Waals surface area contributed by atoms with Gasteiger partial charge in [0.1, 0.15) is 29.7 Å². The second kappa shape index (κ2) is 10.5. The van der Waals surface area contributed by atoms with E-state index in [1.807, 2.05) is 50.2 Å². The summed E-state index contributed by atoms with van der Waals surface area (Å²) in [7, 11) is 1.56. The first kappa shape index (κ1) is 22.9. The highest BCUT2D eigenvalue weighted by molar-refractivity contribution is 6.31. The first-order valence-corrected chi connectivity index (χ1v) is 10.3. The molecule has 0 unspecified atom stereocenters. The van der Waals surface area contributed by atoms with Crippen molar-refractivity contribution in [3.05, 3.63) is 93.5 Å². The summed E-state index contributed by atoms with van der Waals surface area (Å²) in [6.07, 6.45) is 1.50. The van der Waals surface area contributed by atoms with Gasteiger partial charge >= 0.3 is 0 Å². The largest absolute Gasteiger partial charge is 0.497 e. The van der Waals surface area contributed by atoms with E-state index in [2.05, 4.69) is 5.32 Å². The number of rotatable bonds is 7. The molecule has 0 atom stereocenters. The van der Waals surface area contributed by atoms with Gasteiger partial charge in [0.2, 0.25) is 0 Å². The van der Waals surface area contributed by atoms with Gasteiger partial charge in [-0.3, -0.25) is 4.79 Å². The number of nitrogens with one attached hydrogen (secondary N) is 1. The van der Waals surface area contributed by atoms with Crippen molar-refractivity contribution in [2.75, 3.05) is 12.4 Å². The van der Waals surface area contributed by atoms with Gasteiger partial charge in [0.05, 0.1) is 7.11 Å². The van der Waals surface area contributed by atoms with Crippen LogP contribution in [0.15, 0.2) is 66.2 Å². The molecular weight excluding hydrogens is 424 g/mol. The molecule has 1 N–H and O–H groups in total. The van der Waals surface area contributed by atoms with E-state index in [4.69, 9.17) is 21.1 Å². The van der Waals surface area contributed by atoms with Crippen molar-refractivity contribution in [3.63, 3.8) is 0 Å². The van der Waals surface area contributed by atoms with E-state index in [0.717, 1.165) is 16.7 Å². The number of hydrogen-bond acceptors (Lipinski definition) is 4. The van der Waals surface area contributed by atoms with Gasteiger partial charge in [0.15, 0.2) is 0 Å². The number of methoxy groups -OCH3 is 1. The molecule has 0 radical (unpaired) electrons. The molecule has 32 heavy (non-hydrogen) atoms. The molecular formula is C26H23ClN2O3. The fraction of sp³-hybridized carbons (Fsp3) is 0.154. The molecule has 3 aromatic carbocycles. The lowest BCUT2D eigenvalue weighted by Gasteiger charge is -2.13. The van der Waals surface area contributed by atoms with Crippen LogP contribution < -0.4 is 14.8 Å². The zero-order valence-corrected chi connectivity index (χ0v) is 18.9.